The van der Waals surface area contributed by atoms with Gasteiger partial charge in [-0.2, -0.15) is 0 Å². The number of hydrogen-bond donors (Lipinski definition) is 2. The highest BCUT2D eigenvalue weighted by Gasteiger charge is 2.23. The number of aromatic nitrogens is 1. The fourth-order valence-electron chi connectivity index (χ4n) is 2.07. The van der Waals surface area contributed by atoms with Crippen LogP contribution >= 0.6 is 0 Å². The predicted octanol–water partition coefficient (Wildman–Crippen LogP) is 2.13. The first-order valence-electron chi connectivity index (χ1n) is 6.90. The Labute approximate surface area is 124 Å². The molecule has 0 amide bonds. The molecule has 2 aromatic rings. The lowest BCUT2D eigenvalue weighted by Crippen LogP contribution is -2.20. The lowest BCUT2D eigenvalue weighted by Gasteiger charge is -2.12. The van der Waals surface area contributed by atoms with E-state index in [1.165, 1.54) is 12.8 Å². The first-order chi connectivity index (χ1) is 10.1. The molecule has 1 heterocycles. The minimum absolute atomic E-state index is 0.295. The van der Waals surface area contributed by atoms with E-state index in [9.17, 15) is 8.42 Å². The van der Waals surface area contributed by atoms with Crippen molar-refractivity contribution in [2.75, 3.05) is 4.72 Å². The van der Waals surface area contributed by atoms with Crippen molar-refractivity contribution in [1.82, 2.24) is 10.3 Å². The predicted molar refractivity (Wildman–Crippen MR) is 81.3 cm³/mol. The molecule has 1 aromatic carbocycles. The fraction of sp³-hybridized carbons (Fsp3) is 0.267. The Morgan fingerprint density at radius 2 is 1.86 bits per heavy atom. The molecule has 1 aliphatic rings. The van der Waals surface area contributed by atoms with Crippen molar-refractivity contribution in [1.29, 1.82) is 0 Å². The molecule has 1 aliphatic carbocycles. The third-order valence-electron chi connectivity index (χ3n) is 3.32. The number of nitrogens with one attached hydrogen (secondary N) is 2. The molecule has 0 aliphatic heterocycles. The van der Waals surface area contributed by atoms with E-state index >= 15 is 0 Å². The molecule has 0 unspecified atom stereocenters. The first kappa shape index (κ1) is 14.0. The monoisotopic (exact) mass is 303 g/mol. The van der Waals surface area contributed by atoms with Crippen LogP contribution in [0.5, 0.6) is 0 Å². The zero-order valence-corrected chi connectivity index (χ0v) is 12.3. The van der Waals surface area contributed by atoms with Crippen molar-refractivity contribution in [2.24, 2.45) is 0 Å². The van der Waals surface area contributed by atoms with Crippen molar-refractivity contribution in [3.63, 3.8) is 0 Å². The second-order valence-corrected chi connectivity index (χ2v) is 6.73. The van der Waals surface area contributed by atoms with Crippen LogP contribution < -0.4 is 10.0 Å². The molecule has 0 bridgehead atoms. The first-order valence-corrected chi connectivity index (χ1v) is 8.38. The maximum Gasteiger partial charge on any atom is 0.263 e. The molecule has 0 spiro atoms. The lowest BCUT2D eigenvalue weighted by atomic mass is 10.2. The van der Waals surface area contributed by atoms with Gasteiger partial charge in [0.1, 0.15) is 5.82 Å². The van der Waals surface area contributed by atoms with E-state index < -0.39 is 10.0 Å². The van der Waals surface area contributed by atoms with Gasteiger partial charge < -0.3 is 5.32 Å². The number of hydrogen-bond acceptors (Lipinski definition) is 4. The van der Waals surface area contributed by atoms with Crippen LogP contribution in [0.4, 0.5) is 5.82 Å². The van der Waals surface area contributed by atoms with Gasteiger partial charge >= 0.3 is 0 Å². The number of sulfonamides is 1. The smallest absolute Gasteiger partial charge is 0.263 e. The van der Waals surface area contributed by atoms with Crippen LogP contribution in [0.15, 0.2) is 53.6 Å². The molecular weight excluding hydrogens is 286 g/mol. The molecule has 1 saturated carbocycles. The Balaban J connectivity index is 1.83. The van der Waals surface area contributed by atoms with Gasteiger partial charge in [-0.25, -0.2) is 13.4 Å². The second kappa shape index (κ2) is 5.83. The van der Waals surface area contributed by atoms with E-state index in [1.54, 1.807) is 36.5 Å². The Bertz CT molecular complexity index is 713. The van der Waals surface area contributed by atoms with Crippen LogP contribution in [-0.4, -0.2) is 19.4 Å². The third-order valence-corrected chi connectivity index (χ3v) is 4.78. The summed E-state index contributed by atoms with van der Waals surface area (Å²) in [5.74, 6) is 0.322. The zero-order valence-electron chi connectivity index (χ0n) is 11.5. The normalized spacial score (nSPS) is 14.9. The van der Waals surface area contributed by atoms with Crippen molar-refractivity contribution < 1.29 is 8.42 Å². The third kappa shape index (κ3) is 3.59. The summed E-state index contributed by atoms with van der Waals surface area (Å²) in [6.45, 7) is 0.559. The van der Waals surface area contributed by atoms with Crippen molar-refractivity contribution in [3.05, 3.63) is 54.2 Å². The number of rotatable bonds is 6. The van der Waals surface area contributed by atoms with Gasteiger partial charge in [0.2, 0.25) is 0 Å². The largest absolute Gasteiger partial charge is 0.310 e. The summed E-state index contributed by atoms with van der Waals surface area (Å²) >= 11 is 0. The highest BCUT2D eigenvalue weighted by molar-refractivity contribution is 7.92. The van der Waals surface area contributed by atoms with Gasteiger partial charge in [-0.05, 0) is 36.6 Å². The van der Waals surface area contributed by atoms with E-state index in [1.807, 2.05) is 12.1 Å². The molecule has 110 valence electrons. The molecule has 6 heteroatoms. The molecule has 1 fully saturated rings. The summed E-state index contributed by atoms with van der Waals surface area (Å²) in [7, 11) is -3.62. The van der Waals surface area contributed by atoms with E-state index in [0.717, 1.165) is 5.56 Å². The van der Waals surface area contributed by atoms with Crippen molar-refractivity contribution >= 4 is 15.8 Å². The summed E-state index contributed by atoms with van der Waals surface area (Å²) in [5, 5.41) is 3.34. The molecule has 5 nitrogen and oxygen atoms in total. The molecular formula is C15H17N3O2S. The van der Waals surface area contributed by atoms with Crippen LogP contribution in [0.3, 0.4) is 0 Å². The van der Waals surface area contributed by atoms with Gasteiger partial charge in [0, 0.05) is 18.8 Å². The average molecular weight is 303 g/mol. The number of benzene rings is 1. The molecule has 3 rings (SSSR count). The number of pyridine rings is 1. The molecule has 0 saturated heterocycles. The second-order valence-electron chi connectivity index (χ2n) is 5.08. The Hall–Kier alpha value is -1.92. The average Bonchev–Trinajstić information content (AvgIpc) is 3.30. The van der Waals surface area contributed by atoms with Crippen LogP contribution in [-0.2, 0) is 16.6 Å². The number of nitrogens with zero attached hydrogens (tertiary/aromatic N) is 1. The van der Waals surface area contributed by atoms with Crippen LogP contribution in [0.2, 0.25) is 0 Å². The minimum Gasteiger partial charge on any atom is -0.310 e. The molecule has 1 aromatic heterocycles. The van der Waals surface area contributed by atoms with E-state index in [2.05, 4.69) is 15.0 Å². The summed E-state index contributed by atoms with van der Waals surface area (Å²) in [5.41, 5.74) is 0.771. The Morgan fingerprint density at radius 3 is 2.57 bits per heavy atom. The summed E-state index contributed by atoms with van der Waals surface area (Å²) < 4.78 is 27.5. The Kier molecular flexibility index (Phi) is 3.90. The van der Waals surface area contributed by atoms with Gasteiger partial charge in [-0.15, -0.1) is 0 Å². The molecule has 0 radical (unpaired) electrons. The maximum atomic E-state index is 12.5. The van der Waals surface area contributed by atoms with Gasteiger partial charge in [0.25, 0.3) is 10.0 Å². The van der Waals surface area contributed by atoms with Gasteiger partial charge in [0.15, 0.2) is 0 Å². The molecule has 0 atom stereocenters. The molecule has 21 heavy (non-hydrogen) atoms. The minimum atomic E-state index is -3.62. The van der Waals surface area contributed by atoms with Gasteiger partial charge in [-0.1, -0.05) is 24.3 Å². The summed E-state index contributed by atoms with van der Waals surface area (Å²) in [6.07, 6.45) is 3.89. The lowest BCUT2D eigenvalue weighted by molar-refractivity contribution is 0.597. The topological polar surface area (TPSA) is 71.1 Å². The number of anilines is 1. The summed E-state index contributed by atoms with van der Waals surface area (Å²) in [6, 6.07) is 12.7. The standard InChI is InChI=1S/C15H17N3O2S/c19-21(20,18-15-7-3-4-10-16-15)14-6-2-1-5-12(14)11-17-13-8-9-13/h1-7,10,13,17H,8-9,11H2,(H,16,18). The zero-order chi connectivity index (χ0) is 14.7. The van der Waals surface area contributed by atoms with Gasteiger partial charge in [0.05, 0.1) is 4.90 Å². The van der Waals surface area contributed by atoms with Crippen molar-refractivity contribution in [3.8, 4) is 0 Å². The van der Waals surface area contributed by atoms with E-state index in [0.29, 0.717) is 23.3 Å². The van der Waals surface area contributed by atoms with E-state index in [-0.39, 0.29) is 0 Å². The van der Waals surface area contributed by atoms with Crippen LogP contribution in [0.25, 0.3) is 0 Å². The Morgan fingerprint density at radius 1 is 1.10 bits per heavy atom. The maximum absolute atomic E-state index is 12.5. The SMILES string of the molecule is O=S(=O)(Nc1ccccn1)c1ccccc1CNC1CC1. The highest BCUT2D eigenvalue weighted by atomic mass is 32.2. The van der Waals surface area contributed by atoms with Crippen molar-refractivity contribution in [2.45, 2.75) is 30.3 Å². The fourth-order valence-corrected chi connectivity index (χ4v) is 3.32. The van der Waals surface area contributed by atoms with Gasteiger partial charge in [-0.3, -0.25) is 4.72 Å². The summed E-state index contributed by atoms with van der Waals surface area (Å²) in [4.78, 5) is 4.29. The van der Waals surface area contributed by atoms with Crippen LogP contribution in [0, 0.1) is 0 Å². The molecule has 2 N–H and O–H groups in total. The van der Waals surface area contributed by atoms with Crippen LogP contribution in [0.1, 0.15) is 18.4 Å². The highest BCUT2D eigenvalue weighted by Crippen LogP contribution is 2.22. The quantitative estimate of drug-likeness (QED) is 0.857. The van der Waals surface area contributed by atoms with E-state index in [4.69, 9.17) is 0 Å².